The van der Waals surface area contributed by atoms with Gasteiger partial charge >= 0.3 is 5.97 Å². The predicted molar refractivity (Wildman–Crippen MR) is 102 cm³/mol. The molecular weight excluding hydrogens is 352 g/mol. The summed E-state index contributed by atoms with van der Waals surface area (Å²) in [5.74, 6) is -1.61. The Morgan fingerprint density at radius 1 is 1.15 bits per heavy atom. The molecule has 3 aromatic rings. The Morgan fingerprint density at radius 2 is 1.77 bits per heavy atom. The second kappa shape index (κ2) is 6.10. The molecule has 0 fully saturated rings. The fraction of sp³-hybridized carbons (Fsp3) is 0.211. The number of carboxylic acids is 1. The van der Waals surface area contributed by atoms with Gasteiger partial charge in [-0.2, -0.15) is 0 Å². The molecule has 0 aliphatic carbocycles. The molecule has 26 heavy (non-hydrogen) atoms. The lowest BCUT2D eigenvalue weighted by Gasteiger charge is -2.18. The highest BCUT2D eigenvalue weighted by Crippen LogP contribution is 2.34. The number of carboxylic acid groups (broad SMARTS) is 1. The molecule has 1 aromatic carbocycles. The number of aromatic amines is 1. The van der Waals surface area contributed by atoms with E-state index in [1.54, 1.807) is 12.1 Å². The molecule has 0 saturated carbocycles. The van der Waals surface area contributed by atoms with Gasteiger partial charge in [0.05, 0.1) is 5.69 Å². The van der Waals surface area contributed by atoms with Gasteiger partial charge in [-0.05, 0) is 17.0 Å². The van der Waals surface area contributed by atoms with Crippen LogP contribution in [0.5, 0.6) is 0 Å². The molecular formula is C19H18N2O4S. The highest BCUT2D eigenvalue weighted by atomic mass is 32.1. The number of hydrogen-bond acceptors (Lipinski definition) is 5. The monoisotopic (exact) mass is 370 g/mol. The van der Waals surface area contributed by atoms with Crippen LogP contribution in [0.25, 0.3) is 10.2 Å². The average molecular weight is 370 g/mol. The Morgan fingerprint density at radius 3 is 2.31 bits per heavy atom. The Hall–Kier alpha value is -2.93. The smallest absolute Gasteiger partial charge is 0.341 e. The van der Waals surface area contributed by atoms with Crippen molar-refractivity contribution >= 4 is 39.0 Å². The van der Waals surface area contributed by atoms with Crippen molar-refractivity contribution in [3.05, 3.63) is 62.3 Å². The summed E-state index contributed by atoms with van der Waals surface area (Å²) in [4.78, 5) is 38.9. The van der Waals surface area contributed by atoms with E-state index < -0.39 is 17.1 Å². The van der Waals surface area contributed by atoms with Gasteiger partial charge in [0.1, 0.15) is 15.3 Å². The van der Waals surface area contributed by atoms with Crippen LogP contribution in [0.3, 0.4) is 0 Å². The number of aromatic nitrogens is 1. The van der Waals surface area contributed by atoms with Gasteiger partial charge < -0.3 is 15.8 Å². The van der Waals surface area contributed by atoms with Crippen LogP contribution >= 0.6 is 11.3 Å². The summed E-state index contributed by atoms with van der Waals surface area (Å²) in [6.45, 7) is 6.26. The number of nitrogens with one attached hydrogen (secondary N) is 1. The molecule has 0 radical (unpaired) electrons. The van der Waals surface area contributed by atoms with Gasteiger partial charge in [-0.15, -0.1) is 11.3 Å². The lowest BCUT2D eigenvalue weighted by atomic mass is 9.86. The summed E-state index contributed by atoms with van der Waals surface area (Å²) in [7, 11) is 0. The first-order valence-corrected chi connectivity index (χ1v) is 8.75. The number of anilines is 1. The maximum Gasteiger partial charge on any atom is 0.341 e. The fourth-order valence-corrected chi connectivity index (χ4v) is 3.71. The number of H-pyrrole nitrogens is 1. The van der Waals surface area contributed by atoms with E-state index in [9.17, 15) is 14.4 Å². The Kier molecular flexibility index (Phi) is 4.20. The van der Waals surface area contributed by atoms with Crippen LogP contribution in [0.1, 0.15) is 51.9 Å². The zero-order chi connectivity index (χ0) is 19.2. The molecule has 0 amide bonds. The summed E-state index contributed by atoms with van der Waals surface area (Å²) in [6, 6.07) is 8.51. The quantitative estimate of drug-likeness (QED) is 0.612. The van der Waals surface area contributed by atoms with Gasteiger partial charge in [-0.1, -0.05) is 45.0 Å². The van der Waals surface area contributed by atoms with Crippen molar-refractivity contribution < 1.29 is 14.7 Å². The van der Waals surface area contributed by atoms with Gasteiger partial charge in [0.15, 0.2) is 0 Å². The number of nitrogen functional groups attached to an aromatic ring is 1. The van der Waals surface area contributed by atoms with Crippen molar-refractivity contribution in [1.29, 1.82) is 0 Å². The van der Waals surface area contributed by atoms with E-state index in [0.29, 0.717) is 15.8 Å². The molecule has 2 heterocycles. The minimum absolute atomic E-state index is 0.0229. The second-order valence-corrected chi connectivity index (χ2v) is 8.08. The number of pyridine rings is 1. The van der Waals surface area contributed by atoms with Crippen molar-refractivity contribution in [2.24, 2.45) is 0 Å². The van der Waals surface area contributed by atoms with E-state index in [1.807, 2.05) is 12.1 Å². The average Bonchev–Trinajstić information content (AvgIpc) is 2.88. The van der Waals surface area contributed by atoms with Crippen LogP contribution in [0.4, 0.5) is 5.69 Å². The molecule has 0 atom stereocenters. The lowest BCUT2D eigenvalue weighted by Crippen LogP contribution is -2.16. The van der Waals surface area contributed by atoms with Gasteiger partial charge in [0, 0.05) is 10.9 Å². The van der Waals surface area contributed by atoms with Gasteiger partial charge in [-0.3, -0.25) is 9.59 Å². The largest absolute Gasteiger partial charge is 0.477 e. The molecule has 0 saturated heterocycles. The van der Waals surface area contributed by atoms with Crippen molar-refractivity contribution in [2.75, 3.05) is 5.73 Å². The highest BCUT2D eigenvalue weighted by molar-refractivity contribution is 7.21. The summed E-state index contributed by atoms with van der Waals surface area (Å²) in [5, 5.41) is 9.44. The first kappa shape index (κ1) is 17.9. The number of carbonyl (C=O) groups is 2. The predicted octanol–water partition coefficient (Wildman–Crippen LogP) is 3.40. The zero-order valence-electron chi connectivity index (χ0n) is 14.5. The second-order valence-electron chi connectivity index (χ2n) is 7.06. The summed E-state index contributed by atoms with van der Waals surface area (Å²) in [5.41, 5.74) is 6.68. The Balaban J connectivity index is 2.07. The van der Waals surface area contributed by atoms with Crippen molar-refractivity contribution in [3.63, 3.8) is 0 Å². The fourth-order valence-electron chi connectivity index (χ4n) is 2.65. The number of nitrogens with two attached hydrogens (primary N) is 1. The van der Waals surface area contributed by atoms with Gasteiger partial charge in [0.2, 0.25) is 5.78 Å². The molecule has 0 unspecified atom stereocenters. The Labute approximate surface area is 153 Å². The number of benzene rings is 1. The number of carbonyl (C=O) groups excluding carboxylic acids is 1. The number of aromatic carboxylic acids is 1. The maximum absolute atomic E-state index is 12.8. The molecule has 4 N–H and O–H groups in total. The molecule has 3 rings (SSSR count). The molecule has 0 bridgehead atoms. The van der Waals surface area contributed by atoms with E-state index in [-0.39, 0.29) is 21.8 Å². The van der Waals surface area contributed by atoms with Gasteiger partial charge in [0.25, 0.3) is 5.56 Å². The molecule has 0 aliphatic rings. The molecule has 0 aliphatic heterocycles. The lowest BCUT2D eigenvalue weighted by molar-refractivity contribution is 0.0695. The number of rotatable bonds is 3. The van der Waals surface area contributed by atoms with Crippen LogP contribution in [-0.2, 0) is 5.41 Å². The third kappa shape index (κ3) is 3.01. The van der Waals surface area contributed by atoms with E-state index in [1.165, 1.54) is 6.07 Å². The molecule has 2 aromatic heterocycles. The van der Waals surface area contributed by atoms with E-state index in [4.69, 9.17) is 10.8 Å². The van der Waals surface area contributed by atoms with Gasteiger partial charge in [-0.25, -0.2) is 4.79 Å². The normalized spacial score (nSPS) is 11.7. The SMILES string of the molecule is CC(C)(C)c1ccc(C(=O)c2sc3[nH]c(=O)c(C(=O)O)cc3c2N)cc1. The first-order chi connectivity index (χ1) is 12.1. The van der Waals surface area contributed by atoms with Crippen LogP contribution < -0.4 is 11.3 Å². The summed E-state index contributed by atoms with van der Waals surface area (Å²) < 4.78 is 0. The topological polar surface area (TPSA) is 113 Å². The minimum Gasteiger partial charge on any atom is -0.477 e. The van der Waals surface area contributed by atoms with E-state index in [0.717, 1.165) is 16.9 Å². The number of ketones is 1. The maximum atomic E-state index is 12.8. The van der Waals surface area contributed by atoms with Crippen LogP contribution in [0.15, 0.2) is 35.1 Å². The standard InChI is InChI=1S/C19H18N2O4S/c1-19(2,3)10-6-4-9(5-7-10)14(22)15-13(20)11-8-12(18(24)25)16(23)21-17(11)26-15/h4-8H,20H2,1-3H3,(H,21,23)(H,24,25). The Bertz CT molecular complexity index is 1090. The molecule has 0 spiro atoms. The molecule has 7 heteroatoms. The third-order valence-electron chi connectivity index (χ3n) is 4.19. The first-order valence-electron chi connectivity index (χ1n) is 7.93. The highest BCUT2D eigenvalue weighted by Gasteiger charge is 2.21. The van der Waals surface area contributed by atoms with E-state index >= 15 is 0 Å². The zero-order valence-corrected chi connectivity index (χ0v) is 15.4. The van der Waals surface area contributed by atoms with Crippen LogP contribution in [0, 0.1) is 0 Å². The summed E-state index contributed by atoms with van der Waals surface area (Å²) >= 11 is 1.05. The van der Waals surface area contributed by atoms with Crippen molar-refractivity contribution in [2.45, 2.75) is 26.2 Å². The van der Waals surface area contributed by atoms with E-state index in [2.05, 4.69) is 25.8 Å². The summed E-state index contributed by atoms with van der Waals surface area (Å²) in [6.07, 6.45) is 0. The van der Waals surface area contributed by atoms with Crippen molar-refractivity contribution in [3.8, 4) is 0 Å². The number of hydrogen-bond donors (Lipinski definition) is 3. The van der Waals surface area contributed by atoms with Crippen molar-refractivity contribution in [1.82, 2.24) is 4.98 Å². The molecule has 134 valence electrons. The minimum atomic E-state index is -1.34. The number of thiophene rings is 1. The third-order valence-corrected chi connectivity index (χ3v) is 5.33. The van der Waals surface area contributed by atoms with Crippen LogP contribution in [0.2, 0.25) is 0 Å². The van der Waals surface area contributed by atoms with Crippen LogP contribution in [-0.4, -0.2) is 21.8 Å². The molecule has 6 nitrogen and oxygen atoms in total. The number of fused-ring (bicyclic) bond motifs is 1.